The lowest BCUT2D eigenvalue weighted by Gasteiger charge is -2.35. The van der Waals surface area contributed by atoms with Gasteiger partial charge in [-0.3, -0.25) is 9.69 Å². The summed E-state index contributed by atoms with van der Waals surface area (Å²) in [6.07, 6.45) is 1.55. The lowest BCUT2D eigenvalue weighted by atomic mass is 10.2. The van der Waals surface area contributed by atoms with E-state index in [-0.39, 0.29) is 5.91 Å². The SMILES string of the molecule is CN(C)CCN1CCN(C(=O)c2ccc(N)nc2)CC1. The lowest BCUT2D eigenvalue weighted by molar-refractivity contribution is 0.0629. The Morgan fingerprint density at radius 2 is 2.00 bits per heavy atom. The van der Waals surface area contributed by atoms with Gasteiger partial charge in [0.2, 0.25) is 0 Å². The van der Waals surface area contributed by atoms with Crippen molar-refractivity contribution in [3.8, 4) is 0 Å². The van der Waals surface area contributed by atoms with Crippen LogP contribution in [0.4, 0.5) is 5.82 Å². The summed E-state index contributed by atoms with van der Waals surface area (Å²) in [5.41, 5.74) is 6.15. The van der Waals surface area contributed by atoms with E-state index in [2.05, 4.69) is 28.9 Å². The molecule has 0 radical (unpaired) electrons. The molecule has 6 heteroatoms. The number of pyridine rings is 1. The summed E-state index contributed by atoms with van der Waals surface area (Å²) >= 11 is 0. The molecule has 1 aromatic heterocycles. The Morgan fingerprint density at radius 1 is 1.30 bits per heavy atom. The second kappa shape index (κ2) is 6.67. The van der Waals surface area contributed by atoms with E-state index in [4.69, 9.17) is 5.73 Å². The van der Waals surface area contributed by atoms with Crippen LogP contribution in [-0.4, -0.2) is 79.0 Å². The molecule has 1 fully saturated rings. The molecule has 2 rings (SSSR count). The summed E-state index contributed by atoms with van der Waals surface area (Å²) in [6.45, 7) is 5.52. The van der Waals surface area contributed by atoms with Crippen molar-refractivity contribution in [3.63, 3.8) is 0 Å². The average Bonchev–Trinajstić information content (AvgIpc) is 2.46. The molecule has 0 aliphatic carbocycles. The number of hydrogen-bond donors (Lipinski definition) is 1. The first-order valence-corrected chi connectivity index (χ1v) is 6.94. The zero-order valence-electron chi connectivity index (χ0n) is 12.2. The van der Waals surface area contributed by atoms with Crippen LogP contribution < -0.4 is 5.73 Å². The highest BCUT2D eigenvalue weighted by molar-refractivity contribution is 5.94. The van der Waals surface area contributed by atoms with Gasteiger partial charge < -0.3 is 15.5 Å². The molecule has 1 aliphatic heterocycles. The molecule has 110 valence electrons. The number of aromatic nitrogens is 1. The summed E-state index contributed by atoms with van der Waals surface area (Å²) in [5, 5.41) is 0. The van der Waals surface area contributed by atoms with Crippen LogP contribution in [0.5, 0.6) is 0 Å². The molecule has 1 aromatic rings. The van der Waals surface area contributed by atoms with Crippen LogP contribution >= 0.6 is 0 Å². The smallest absolute Gasteiger partial charge is 0.255 e. The van der Waals surface area contributed by atoms with E-state index in [1.54, 1.807) is 18.3 Å². The summed E-state index contributed by atoms with van der Waals surface area (Å²) in [7, 11) is 4.15. The summed E-state index contributed by atoms with van der Waals surface area (Å²) in [6, 6.07) is 3.41. The highest BCUT2D eigenvalue weighted by Gasteiger charge is 2.22. The molecule has 0 aromatic carbocycles. The fourth-order valence-corrected chi connectivity index (χ4v) is 2.23. The third kappa shape index (κ3) is 3.91. The number of nitrogens with zero attached hydrogens (tertiary/aromatic N) is 4. The Morgan fingerprint density at radius 3 is 2.55 bits per heavy atom. The molecule has 0 unspecified atom stereocenters. The van der Waals surface area contributed by atoms with Crippen LogP contribution in [0.15, 0.2) is 18.3 Å². The number of rotatable bonds is 4. The first-order chi connectivity index (χ1) is 9.56. The minimum atomic E-state index is 0.0461. The zero-order valence-corrected chi connectivity index (χ0v) is 12.2. The zero-order chi connectivity index (χ0) is 14.5. The van der Waals surface area contributed by atoms with Gasteiger partial charge >= 0.3 is 0 Å². The van der Waals surface area contributed by atoms with Gasteiger partial charge in [0.25, 0.3) is 5.91 Å². The molecule has 0 bridgehead atoms. The number of nitrogen functional groups attached to an aromatic ring is 1. The summed E-state index contributed by atoms with van der Waals surface area (Å²) in [5.74, 6) is 0.486. The lowest BCUT2D eigenvalue weighted by Crippen LogP contribution is -2.50. The third-order valence-corrected chi connectivity index (χ3v) is 3.56. The van der Waals surface area contributed by atoms with Gasteiger partial charge in [0.1, 0.15) is 5.82 Å². The molecule has 0 saturated carbocycles. The Labute approximate surface area is 120 Å². The number of amides is 1. The monoisotopic (exact) mass is 277 g/mol. The quantitative estimate of drug-likeness (QED) is 0.838. The van der Waals surface area contributed by atoms with Gasteiger partial charge in [-0.2, -0.15) is 0 Å². The molecule has 20 heavy (non-hydrogen) atoms. The maximum atomic E-state index is 12.3. The summed E-state index contributed by atoms with van der Waals surface area (Å²) < 4.78 is 0. The molecule has 2 heterocycles. The van der Waals surface area contributed by atoms with Gasteiger partial charge in [-0.1, -0.05) is 0 Å². The van der Waals surface area contributed by atoms with Crippen LogP contribution in [-0.2, 0) is 0 Å². The van der Waals surface area contributed by atoms with E-state index in [1.807, 2.05) is 4.90 Å². The van der Waals surface area contributed by atoms with Crippen molar-refractivity contribution >= 4 is 11.7 Å². The minimum Gasteiger partial charge on any atom is -0.384 e. The number of likely N-dealkylation sites (N-methyl/N-ethyl adjacent to an activating group) is 1. The normalized spacial score (nSPS) is 16.6. The molecule has 6 nitrogen and oxygen atoms in total. The Bertz CT molecular complexity index is 437. The molecule has 0 atom stereocenters. The molecular weight excluding hydrogens is 254 g/mol. The second-order valence-electron chi connectivity index (χ2n) is 5.41. The van der Waals surface area contributed by atoms with Crippen molar-refractivity contribution in [1.82, 2.24) is 19.7 Å². The molecule has 1 amide bonds. The Hall–Kier alpha value is -1.66. The van der Waals surface area contributed by atoms with Crippen molar-refractivity contribution < 1.29 is 4.79 Å². The van der Waals surface area contributed by atoms with Gasteiger partial charge in [-0.05, 0) is 26.2 Å². The van der Waals surface area contributed by atoms with E-state index in [0.717, 1.165) is 39.3 Å². The van der Waals surface area contributed by atoms with Gasteiger partial charge in [0, 0.05) is 45.5 Å². The fraction of sp³-hybridized carbons (Fsp3) is 0.571. The number of nitrogens with two attached hydrogens (primary N) is 1. The first kappa shape index (κ1) is 14.7. The minimum absolute atomic E-state index is 0.0461. The van der Waals surface area contributed by atoms with E-state index >= 15 is 0 Å². The molecule has 1 aliphatic rings. The number of piperazine rings is 1. The maximum Gasteiger partial charge on any atom is 0.255 e. The van der Waals surface area contributed by atoms with E-state index in [9.17, 15) is 4.79 Å². The topological polar surface area (TPSA) is 65.7 Å². The van der Waals surface area contributed by atoms with E-state index < -0.39 is 0 Å². The van der Waals surface area contributed by atoms with Crippen LogP contribution in [0.25, 0.3) is 0 Å². The van der Waals surface area contributed by atoms with Crippen molar-refractivity contribution in [3.05, 3.63) is 23.9 Å². The molecule has 2 N–H and O–H groups in total. The largest absolute Gasteiger partial charge is 0.384 e. The van der Waals surface area contributed by atoms with Crippen LogP contribution in [0.1, 0.15) is 10.4 Å². The first-order valence-electron chi connectivity index (χ1n) is 6.94. The highest BCUT2D eigenvalue weighted by Crippen LogP contribution is 2.09. The standard InChI is InChI=1S/C14H23N5O/c1-17(2)5-6-18-7-9-19(10-8-18)14(20)12-3-4-13(15)16-11-12/h3-4,11H,5-10H2,1-2H3,(H2,15,16). The Balaban J connectivity index is 1.84. The second-order valence-corrected chi connectivity index (χ2v) is 5.41. The fourth-order valence-electron chi connectivity index (χ4n) is 2.23. The average molecular weight is 277 g/mol. The molecular formula is C14H23N5O. The maximum absolute atomic E-state index is 12.3. The molecule has 1 saturated heterocycles. The van der Waals surface area contributed by atoms with Crippen molar-refractivity contribution in [2.24, 2.45) is 0 Å². The number of anilines is 1. The van der Waals surface area contributed by atoms with Gasteiger partial charge in [0.15, 0.2) is 0 Å². The van der Waals surface area contributed by atoms with Gasteiger partial charge in [-0.25, -0.2) is 4.98 Å². The number of hydrogen-bond acceptors (Lipinski definition) is 5. The predicted octanol–water partition coefficient (Wildman–Crippen LogP) is -0.0168. The number of carbonyl (C=O) groups excluding carboxylic acids is 1. The van der Waals surface area contributed by atoms with E-state index in [0.29, 0.717) is 11.4 Å². The van der Waals surface area contributed by atoms with Gasteiger partial charge in [-0.15, -0.1) is 0 Å². The predicted molar refractivity (Wildman–Crippen MR) is 79.5 cm³/mol. The van der Waals surface area contributed by atoms with Crippen LogP contribution in [0.2, 0.25) is 0 Å². The van der Waals surface area contributed by atoms with Crippen LogP contribution in [0.3, 0.4) is 0 Å². The molecule has 0 spiro atoms. The van der Waals surface area contributed by atoms with Crippen molar-refractivity contribution in [1.29, 1.82) is 0 Å². The third-order valence-electron chi connectivity index (χ3n) is 3.56. The van der Waals surface area contributed by atoms with Crippen molar-refractivity contribution in [2.75, 3.05) is 59.1 Å². The van der Waals surface area contributed by atoms with Crippen LogP contribution in [0, 0.1) is 0 Å². The van der Waals surface area contributed by atoms with Gasteiger partial charge in [0.05, 0.1) is 5.56 Å². The van der Waals surface area contributed by atoms with Crippen molar-refractivity contribution in [2.45, 2.75) is 0 Å². The van der Waals surface area contributed by atoms with E-state index in [1.165, 1.54) is 0 Å². The number of carbonyl (C=O) groups is 1. The summed E-state index contributed by atoms with van der Waals surface area (Å²) in [4.78, 5) is 22.7. The Kier molecular flexibility index (Phi) is 4.92. The highest BCUT2D eigenvalue weighted by atomic mass is 16.2.